The molecule has 3 aromatic heterocycles. The molecule has 16 rings (SSSR count). The van der Waals surface area contributed by atoms with Crippen molar-refractivity contribution in [1.29, 1.82) is 0 Å². The summed E-state index contributed by atoms with van der Waals surface area (Å²) < 4.78 is 11.4. The minimum absolute atomic E-state index is 0.00403. The van der Waals surface area contributed by atoms with Crippen LogP contribution in [0.5, 0.6) is 0 Å². The maximum Gasteiger partial charge on any atom is 0.252 e. The van der Waals surface area contributed by atoms with Crippen molar-refractivity contribution in [2.45, 2.75) is 59.3 Å². The lowest BCUT2D eigenvalue weighted by atomic mass is 9.33. The third-order valence-electron chi connectivity index (χ3n) is 16.9. The maximum absolute atomic E-state index is 6.39. The SMILES string of the molecule is Cc1cc2c3c(c1)N1c4c(cccc4-n4c5ccccc5c5cccc1c54)B3c1ccc(-n3c4ccc(C(C)(C)C)cc4c4cc(C(C)(C)C)ccc43)cc1N2c1ccc(-c2cccc3oc4ccccc4c23)cc1. The average molecular weight is 965 g/mol. The van der Waals surface area contributed by atoms with E-state index >= 15 is 0 Å². The van der Waals surface area contributed by atoms with Crippen LogP contribution in [0.2, 0.25) is 0 Å². The Bertz CT molecular complexity index is 4580. The molecular formula is C69H53BN4O. The minimum Gasteiger partial charge on any atom is -0.456 e. The molecule has 5 nitrogen and oxygen atoms in total. The third kappa shape index (κ3) is 5.80. The quantitative estimate of drug-likeness (QED) is 0.165. The number of furan rings is 1. The summed E-state index contributed by atoms with van der Waals surface area (Å²) in [6.07, 6.45) is 0. The highest BCUT2D eigenvalue weighted by Crippen LogP contribution is 2.53. The number of para-hydroxylation sites is 4. The van der Waals surface area contributed by atoms with Gasteiger partial charge in [-0.2, -0.15) is 0 Å². The van der Waals surface area contributed by atoms with Gasteiger partial charge in [-0.15, -0.1) is 0 Å². The number of rotatable bonds is 3. The molecule has 75 heavy (non-hydrogen) atoms. The van der Waals surface area contributed by atoms with Gasteiger partial charge in [0.05, 0.1) is 39.1 Å². The van der Waals surface area contributed by atoms with Crippen molar-refractivity contribution in [2.75, 3.05) is 9.80 Å². The van der Waals surface area contributed by atoms with Crippen molar-refractivity contribution in [3.63, 3.8) is 0 Å². The molecule has 13 aromatic rings. The van der Waals surface area contributed by atoms with E-state index in [1.54, 1.807) is 0 Å². The Balaban J connectivity index is 0.968. The van der Waals surface area contributed by atoms with Crippen LogP contribution in [-0.4, -0.2) is 15.8 Å². The van der Waals surface area contributed by atoms with Gasteiger partial charge in [-0.05, 0) is 153 Å². The Morgan fingerprint density at radius 2 is 1.03 bits per heavy atom. The zero-order valence-electron chi connectivity index (χ0n) is 43.2. The summed E-state index contributed by atoms with van der Waals surface area (Å²) in [7, 11) is 0. The van der Waals surface area contributed by atoms with Gasteiger partial charge in [0.25, 0.3) is 6.71 Å². The van der Waals surface area contributed by atoms with Crippen molar-refractivity contribution in [3.8, 4) is 22.5 Å². The molecule has 0 saturated carbocycles. The van der Waals surface area contributed by atoms with Gasteiger partial charge in [0.15, 0.2) is 0 Å². The van der Waals surface area contributed by atoms with Gasteiger partial charge in [-0.25, -0.2) is 0 Å². The lowest BCUT2D eigenvalue weighted by Gasteiger charge is -2.46. The Morgan fingerprint density at radius 1 is 0.413 bits per heavy atom. The van der Waals surface area contributed by atoms with Gasteiger partial charge in [0.2, 0.25) is 0 Å². The molecule has 0 fully saturated rings. The fourth-order valence-electron chi connectivity index (χ4n) is 13.5. The number of hydrogen-bond donors (Lipinski definition) is 0. The van der Waals surface area contributed by atoms with Crippen molar-refractivity contribution < 1.29 is 4.42 Å². The van der Waals surface area contributed by atoms with Gasteiger partial charge in [0, 0.05) is 60.8 Å². The molecule has 0 saturated heterocycles. The van der Waals surface area contributed by atoms with Gasteiger partial charge in [0.1, 0.15) is 11.2 Å². The van der Waals surface area contributed by atoms with Crippen LogP contribution in [0, 0.1) is 6.92 Å². The molecule has 0 aliphatic carbocycles. The number of benzene rings is 10. The first kappa shape index (κ1) is 42.7. The van der Waals surface area contributed by atoms with Gasteiger partial charge >= 0.3 is 0 Å². The Kier molecular flexibility index (Phi) is 8.40. The zero-order valence-corrected chi connectivity index (χ0v) is 43.2. The van der Waals surface area contributed by atoms with Crippen LogP contribution in [-0.2, 0) is 10.8 Å². The third-order valence-corrected chi connectivity index (χ3v) is 16.9. The van der Waals surface area contributed by atoms with E-state index in [-0.39, 0.29) is 17.5 Å². The van der Waals surface area contributed by atoms with E-state index in [0.717, 1.165) is 44.4 Å². The van der Waals surface area contributed by atoms with E-state index < -0.39 is 0 Å². The second kappa shape index (κ2) is 14.7. The highest BCUT2D eigenvalue weighted by molar-refractivity contribution is 7.00. The summed E-state index contributed by atoms with van der Waals surface area (Å²) in [5.74, 6) is 0. The molecule has 3 aliphatic heterocycles. The highest BCUT2D eigenvalue weighted by Gasteiger charge is 2.46. The first-order chi connectivity index (χ1) is 36.4. The van der Waals surface area contributed by atoms with Crippen LogP contribution >= 0.6 is 0 Å². The molecule has 0 unspecified atom stereocenters. The number of nitrogens with zero attached hydrogens (tertiary/aromatic N) is 4. The fourth-order valence-corrected chi connectivity index (χ4v) is 13.5. The molecule has 6 heterocycles. The molecule has 6 heteroatoms. The van der Waals surface area contributed by atoms with Crippen molar-refractivity contribution in [3.05, 3.63) is 211 Å². The minimum atomic E-state index is -0.0298. The van der Waals surface area contributed by atoms with E-state index in [2.05, 4.69) is 255 Å². The van der Waals surface area contributed by atoms with E-state index in [1.807, 2.05) is 6.07 Å². The van der Waals surface area contributed by atoms with E-state index in [4.69, 9.17) is 4.42 Å². The monoisotopic (exact) mass is 964 g/mol. The van der Waals surface area contributed by atoms with E-state index in [0.29, 0.717) is 0 Å². The number of hydrogen-bond acceptors (Lipinski definition) is 3. The lowest BCUT2D eigenvalue weighted by Crippen LogP contribution is -2.61. The van der Waals surface area contributed by atoms with Crippen molar-refractivity contribution >= 4 is 123 Å². The van der Waals surface area contributed by atoms with Gasteiger partial charge < -0.3 is 23.4 Å². The largest absolute Gasteiger partial charge is 0.456 e. The molecule has 0 spiro atoms. The smallest absolute Gasteiger partial charge is 0.252 e. The molecule has 3 aliphatic rings. The number of fused-ring (bicyclic) bond motifs is 15. The van der Waals surface area contributed by atoms with Crippen LogP contribution in [0.15, 0.2) is 199 Å². The van der Waals surface area contributed by atoms with Gasteiger partial charge in [-0.3, -0.25) is 0 Å². The molecule has 358 valence electrons. The molecule has 0 N–H and O–H groups in total. The first-order valence-corrected chi connectivity index (χ1v) is 26.5. The predicted octanol–water partition coefficient (Wildman–Crippen LogP) is 16.7. The zero-order chi connectivity index (χ0) is 50.4. The second-order valence-corrected chi connectivity index (χ2v) is 23.4. The Morgan fingerprint density at radius 3 is 1.77 bits per heavy atom. The van der Waals surface area contributed by atoms with E-state index in [1.165, 1.54) is 111 Å². The molecule has 0 amide bonds. The molecule has 10 aromatic carbocycles. The molecule has 0 atom stereocenters. The van der Waals surface area contributed by atoms with Crippen LogP contribution in [0.3, 0.4) is 0 Å². The van der Waals surface area contributed by atoms with E-state index in [9.17, 15) is 0 Å². The van der Waals surface area contributed by atoms with Crippen LogP contribution in [0.1, 0.15) is 58.2 Å². The topological polar surface area (TPSA) is 29.5 Å². The molecule has 0 radical (unpaired) electrons. The molecular weight excluding hydrogens is 912 g/mol. The summed E-state index contributed by atoms with van der Waals surface area (Å²) in [5.41, 5.74) is 26.4. The normalized spacial score (nSPS) is 13.7. The predicted molar refractivity (Wildman–Crippen MR) is 318 cm³/mol. The fraction of sp³-hybridized carbons (Fsp3) is 0.130. The summed E-state index contributed by atoms with van der Waals surface area (Å²) in [6.45, 7) is 16.1. The average Bonchev–Trinajstić information content (AvgIpc) is 4.20. The van der Waals surface area contributed by atoms with Crippen LogP contribution in [0.4, 0.5) is 34.1 Å². The Hall–Kier alpha value is -8.74. The maximum atomic E-state index is 6.39. The standard InChI is InChI=1S/C69H53BN4O/c1-40-35-60-65-61(36-40)74-57-21-12-18-48-47-15-8-10-20-54(47)73(66(48)57)58-22-14-19-53(67(58)74)70(65)52-32-31-45(72-55-33-27-42(68(2,3)4)37-50(55)51-38-43(69(5,6)7)28-34-56(51)72)39-59(52)71(60)44-29-25-41(26-30-44)46-17-13-24-63-64(46)49-16-9-11-23-62(49)75-63/h8-39H,1-7H3. The van der Waals surface area contributed by atoms with Crippen LogP contribution < -0.4 is 26.2 Å². The Labute approximate surface area is 436 Å². The summed E-state index contributed by atoms with van der Waals surface area (Å²) in [4.78, 5) is 5.17. The van der Waals surface area contributed by atoms with Crippen molar-refractivity contribution in [2.24, 2.45) is 0 Å². The number of anilines is 6. The summed E-state index contributed by atoms with van der Waals surface area (Å²) >= 11 is 0. The van der Waals surface area contributed by atoms with Crippen LogP contribution in [0.25, 0.3) is 88.1 Å². The van der Waals surface area contributed by atoms with Crippen molar-refractivity contribution in [1.82, 2.24) is 9.13 Å². The highest BCUT2D eigenvalue weighted by atomic mass is 16.3. The second-order valence-electron chi connectivity index (χ2n) is 23.4. The van der Waals surface area contributed by atoms with Gasteiger partial charge in [-0.1, -0.05) is 145 Å². The first-order valence-electron chi connectivity index (χ1n) is 26.5. The number of aromatic nitrogens is 2. The lowest BCUT2D eigenvalue weighted by molar-refractivity contribution is 0.590. The summed E-state index contributed by atoms with van der Waals surface area (Å²) in [5, 5.41) is 7.40. The summed E-state index contributed by atoms with van der Waals surface area (Å²) in [6, 6.07) is 73.4. The number of aryl methyl sites for hydroxylation is 1. The molecule has 0 bridgehead atoms.